The van der Waals surface area contributed by atoms with Crippen LogP contribution in [0.5, 0.6) is 0 Å². The van der Waals surface area contributed by atoms with Crippen molar-refractivity contribution in [3.63, 3.8) is 0 Å². The Bertz CT molecular complexity index is 315. The monoisotopic (exact) mass is 193 g/mol. The highest BCUT2D eigenvalue weighted by Gasteiger charge is 2.38. The van der Waals surface area contributed by atoms with E-state index >= 15 is 0 Å². The summed E-state index contributed by atoms with van der Waals surface area (Å²) in [5.74, 6) is 1.65. The van der Waals surface area contributed by atoms with Crippen LogP contribution in [0.1, 0.15) is 32.4 Å². The van der Waals surface area contributed by atoms with Gasteiger partial charge in [0.05, 0.1) is 5.69 Å². The molecule has 3 heteroatoms. The summed E-state index contributed by atoms with van der Waals surface area (Å²) in [7, 11) is 1.89. The molecule has 0 amide bonds. The Morgan fingerprint density at radius 3 is 2.64 bits per heavy atom. The van der Waals surface area contributed by atoms with Crippen LogP contribution in [0.15, 0.2) is 6.07 Å². The van der Waals surface area contributed by atoms with E-state index in [0.717, 1.165) is 23.9 Å². The second-order valence-electron chi connectivity index (χ2n) is 5.12. The fourth-order valence-corrected chi connectivity index (χ4v) is 2.11. The van der Waals surface area contributed by atoms with Crippen LogP contribution in [0, 0.1) is 11.3 Å². The summed E-state index contributed by atoms with van der Waals surface area (Å²) in [5.41, 5.74) is 7.27. The van der Waals surface area contributed by atoms with Gasteiger partial charge in [-0.05, 0) is 30.6 Å². The van der Waals surface area contributed by atoms with E-state index in [-0.39, 0.29) is 0 Å². The van der Waals surface area contributed by atoms with Gasteiger partial charge in [0.1, 0.15) is 5.82 Å². The molecule has 1 heterocycles. The predicted molar refractivity (Wildman–Crippen MR) is 57.8 cm³/mol. The van der Waals surface area contributed by atoms with Gasteiger partial charge >= 0.3 is 0 Å². The number of nitrogens with zero attached hydrogens (tertiary/aromatic N) is 2. The van der Waals surface area contributed by atoms with Crippen molar-refractivity contribution in [1.82, 2.24) is 9.78 Å². The fraction of sp³-hybridized carbons (Fsp3) is 0.727. The van der Waals surface area contributed by atoms with Gasteiger partial charge in [0.15, 0.2) is 0 Å². The van der Waals surface area contributed by atoms with Crippen molar-refractivity contribution >= 4 is 5.82 Å². The molecule has 3 nitrogen and oxygen atoms in total. The van der Waals surface area contributed by atoms with Crippen LogP contribution < -0.4 is 5.73 Å². The number of nitrogens with two attached hydrogens (primary N) is 1. The Morgan fingerprint density at radius 2 is 2.21 bits per heavy atom. The molecule has 1 aliphatic carbocycles. The molecule has 1 saturated carbocycles. The van der Waals surface area contributed by atoms with Gasteiger partial charge in [0.2, 0.25) is 0 Å². The average Bonchev–Trinajstić information content (AvgIpc) is 2.81. The maximum Gasteiger partial charge on any atom is 0.121 e. The number of aromatic nitrogens is 2. The number of nitrogen functional groups attached to an aromatic ring is 1. The van der Waals surface area contributed by atoms with E-state index in [1.807, 2.05) is 13.1 Å². The zero-order valence-electron chi connectivity index (χ0n) is 9.25. The highest BCUT2D eigenvalue weighted by atomic mass is 15.3. The molecule has 0 aliphatic heterocycles. The van der Waals surface area contributed by atoms with E-state index in [9.17, 15) is 0 Å². The first-order chi connectivity index (χ1) is 6.49. The van der Waals surface area contributed by atoms with Gasteiger partial charge < -0.3 is 5.73 Å². The fourth-order valence-electron chi connectivity index (χ4n) is 2.11. The lowest BCUT2D eigenvalue weighted by atomic mass is 9.83. The number of anilines is 1. The normalized spacial score (nSPS) is 17.4. The van der Waals surface area contributed by atoms with Crippen molar-refractivity contribution in [3.8, 4) is 0 Å². The molecule has 0 radical (unpaired) electrons. The summed E-state index contributed by atoms with van der Waals surface area (Å²) in [6, 6.07) is 1.99. The lowest BCUT2D eigenvalue weighted by Crippen LogP contribution is -2.17. The van der Waals surface area contributed by atoms with Gasteiger partial charge in [-0.1, -0.05) is 13.8 Å². The standard InChI is InChI=1S/C11H19N3/c1-11(2,8-4-5-8)7-9-6-10(12)14(3)13-9/h6,8H,4-5,7,12H2,1-3H3. The summed E-state index contributed by atoms with van der Waals surface area (Å²) >= 11 is 0. The minimum atomic E-state index is 0.390. The molecule has 1 aromatic heterocycles. The van der Waals surface area contributed by atoms with Crippen LogP contribution in [0.3, 0.4) is 0 Å². The first-order valence-corrected chi connectivity index (χ1v) is 5.27. The van der Waals surface area contributed by atoms with E-state index in [1.54, 1.807) is 4.68 Å². The summed E-state index contributed by atoms with van der Waals surface area (Å²) in [6.07, 6.45) is 3.81. The van der Waals surface area contributed by atoms with E-state index in [1.165, 1.54) is 12.8 Å². The Labute approximate surface area is 85.3 Å². The third-order valence-corrected chi connectivity index (χ3v) is 3.29. The lowest BCUT2D eigenvalue weighted by molar-refractivity contribution is 0.303. The minimum absolute atomic E-state index is 0.390. The Kier molecular flexibility index (Phi) is 2.05. The molecule has 0 spiro atoms. The van der Waals surface area contributed by atoms with Gasteiger partial charge in [0, 0.05) is 13.1 Å². The van der Waals surface area contributed by atoms with Crippen molar-refractivity contribution in [1.29, 1.82) is 0 Å². The number of hydrogen-bond donors (Lipinski definition) is 1. The van der Waals surface area contributed by atoms with Crippen LogP contribution in [0.25, 0.3) is 0 Å². The highest BCUT2D eigenvalue weighted by Crippen LogP contribution is 2.46. The van der Waals surface area contributed by atoms with Crippen LogP contribution in [-0.2, 0) is 13.5 Å². The van der Waals surface area contributed by atoms with E-state index in [2.05, 4.69) is 18.9 Å². The summed E-state index contributed by atoms with van der Waals surface area (Å²) < 4.78 is 1.75. The van der Waals surface area contributed by atoms with Gasteiger partial charge in [0.25, 0.3) is 0 Å². The van der Waals surface area contributed by atoms with Crippen molar-refractivity contribution in [2.24, 2.45) is 18.4 Å². The van der Waals surface area contributed by atoms with Gasteiger partial charge in [-0.2, -0.15) is 5.10 Å². The largest absolute Gasteiger partial charge is 0.384 e. The molecule has 0 saturated heterocycles. The van der Waals surface area contributed by atoms with Gasteiger partial charge in [-0.15, -0.1) is 0 Å². The summed E-state index contributed by atoms with van der Waals surface area (Å²) in [4.78, 5) is 0. The summed E-state index contributed by atoms with van der Waals surface area (Å²) in [6.45, 7) is 4.66. The zero-order chi connectivity index (χ0) is 10.3. The van der Waals surface area contributed by atoms with Crippen LogP contribution >= 0.6 is 0 Å². The maximum absolute atomic E-state index is 5.75. The third kappa shape index (κ3) is 1.76. The van der Waals surface area contributed by atoms with Crippen molar-refractivity contribution < 1.29 is 0 Å². The quantitative estimate of drug-likeness (QED) is 0.797. The molecule has 1 fully saturated rings. The Balaban J connectivity index is 2.09. The number of rotatable bonds is 3. The van der Waals surface area contributed by atoms with E-state index in [0.29, 0.717) is 5.41 Å². The molecule has 0 bridgehead atoms. The topological polar surface area (TPSA) is 43.8 Å². The lowest BCUT2D eigenvalue weighted by Gasteiger charge is -2.22. The van der Waals surface area contributed by atoms with Crippen molar-refractivity contribution in [2.45, 2.75) is 33.1 Å². The first kappa shape index (κ1) is 9.56. The van der Waals surface area contributed by atoms with E-state index < -0.39 is 0 Å². The minimum Gasteiger partial charge on any atom is -0.384 e. The van der Waals surface area contributed by atoms with E-state index in [4.69, 9.17) is 5.73 Å². The van der Waals surface area contributed by atoms with Gasteiger partial charge in [-0.25, -0.2) is 0 Å². The molecule has 1 aromatic rings. The van der Waals surface area contributed by atoms with Crippen LogP contribution in [-0.4, -0.2) is 9.78 Å². The van der Waals surface area contributed by atoms with Crippen molar-refractivity contribution in [3.05, 3.63) is 11.8 Å². The first-order valence-electron chi connectivity index (χ1n) is 5.27. The number of aryl methyl sites for hydroxylation is 1. The Hall–Kier alpha value is -0.990. The predicted octanol–water partition coefficient (Wildman–Crippen LogP) is 1.98. The second kappa shape index (κ2) is 3.01. The molecule has 78 valence electrons. The van der Waals surface area contributed by atoms with Crippen LogP contribution in [0.2, 0.25) is 0 Å². The second-order valence-corrected chi connectivity index (χ2v) is 5.12. The molecule has 1 aliphatic rings. The average molecular weight is 193 g/mol. The molecule has 14 heavy (non-hydrogen) atoms. The molecule has 2 rings (SSSR count). The molecular formula is C11H19N3. The molecular weight excluding hydrogens is 174 g/mol. The number of hydrogen-bond acceptors (Lipinski definition) is 2. The third-order valence-electron chi connectivity index (χ3n) is 3.29. The van der Waals surface area contributed by atoms with Crippen LogP contribution in [0.4, 0.5) is 5.82 Å². The van der Waals surface area contributed by atoms with Crippen molar-refractivity contribution in [2.75, 3.05) is 5.73 Å². The zero-order valence-corrected chi connectivity index (χ0v) is 9.25. The highest BCUT2D eigenvalue weighted by molar-refractivity contribution is 5.30. The SMILES string of the molecule is Cn1nc(CC(C)(C)C2CC2)cc1N. The smallest absolute Gasteiger partial charge is 0.121 e. The summed E-state index contributed by atoms with van der Waals surface area (Å²) in [5, 5.41) is 4.40. The molecule has 2 N–H and O–H groups in total. The molecule has 0 atom stereocenters. The van der Waals surface area contributed by atoms with Gasteiger partial charge in [-0.3, -0.25) is 4.68 Å². The molecule has 0 unspecified atom stereocenters. The Morgan fingerprint density at radius 1 is 1.57 bits per heavy atom. The maximum atomic E-state index is 5.75. The molecule has 0 aromatic carbocycles.